The van der Waals surface area contributed by atoms with Gasteiger partial charge in [0.1, 0.15) is 0 Å². The summed E-state index contributed by atoms with van der Waals surface area (Å²) in [7, 11) is -0.355. The van der Waals surface area contributed by atoms with E-state index in [9.17, 15) is 0 Å². The lowest BCUT2D eigenvalue weighted by molar-refractivity contribution is 0.00578. The van der Waals surface area contributed by atoms with Gasteiger partial charge in [0.15, 0.2) is 0 Å². The van der Waals surface area contributed by atoms with Crippen molar-refractivity contribution in [3.8, 4) is 33.5 Å². The second kappa shape index (κ2) is 21.3. The van der Waals surface area contributed by atoms with Crippen molar-refractivity contribution in [1.82, 2.24) is 19.9 Å². The summed E-state index contributed by atoms with van der Waals surface area (Å²) >= 11 is 5.95. The van der Waals surface area contributed by atoms with Gasteiger partial charge in [0.05, 0.1) is 39.6 Å². The maximum absolute atomic E-state index is 6.28. The molecular weight excluding hydrogens is 1070 g/mol. The zero-order valence-corrected chi connectivity index (χ0v) is 48.7. The van der Waals surface area contributed by atoms with Crippen LogP contribution in [0.4, 0.5) is 0 Å². The molecular formula is C78H56BClN4O2. The smallest absolute Gasteiger partial charge is 0.399 e. The number of fused-ring (bicyclic) bond motifs is 18. The first-order chi connectivity index (χ1) is 42.0. The SMILES string of the molecule is CC1(C)OB(c2cccc(-c3cc4ccccc4c4ccccc34)c2)OC1(C)C.Clc1ncc2c3ccccc3c3ccccc3c2n1.c1ccc2c(c1)cc(-c1ccc(-c3cnc4c5ccccc5c5ccccc5c4n3)cc1)c1ccccc12. The third-order valence-corrected chi connectivity index (χ3v) is 17.8. The van der Waals surface area contributed by atoms with Gasteiger partial charge in [-0.1, -0.05) is 243 Å². The van der Waals surface area contributed by atoms with Gasteiger partial charge in [0.25, 0.3) is 0 Å². The Hall–Kier alpha value is -9.89. The molecule has 0 saturated carbocycles. The molecule has 3 heterocycles. The molecule has 16 aromatic rings. The van der Waals surface area contributed by atoms with Crippen molar-refractivity contribution in [3.05, 3.63) is 272 Å². The average molecular weight is 1130 g/mol. The van der Waals surface area contributed by atoms with Crippen molar-refractivity contribution in [1.29, 1.82) is 0 Å². The van der Waals surface area contributed by atoms with E-state index in [1.807, 2.05) is 24.4 Å². The number of rotatable bonds is 4. The van der Waals surface area contributed by atoms with Crippen molar-refractivity contribution in [2.24, 2.45) is 0 Å². The second-order valence-electron chi connectivity index (χ2n) is 23.2. The first-order valence-corrected chi connectivity index (χ1v) is 29.6. The average Bonchev–Trinajstić information content (AvgIpc) is 1.48. The maximum atomic E-state index is 6.28. The summed E-state index contributed by atoms with van der Waals surface area (Å²) in [5.74, 6) is 0. The molecule has 1 aliphatic heterocycles. The van der Waals surface area contributed by atoms with E-state index >= 15 is 0 Å². The fourth-order valence-electron chi connectivity index (χ4n) is 12.6. The zero-order valence-electron chi connectivity index (χ0n) is 48.0. The van der Waals surface area contributed by atoms with Crippen LogP contribution in [0.1, 0.15) is 27.7 Å². The van der Waals surface area contributed by atoms with E-state index in [-0.39, 0.29) is 23.6 Å². The Kier molecular flexibility index (Phi) is 13.1. The van der Waals surface area contributed by atoms with Crippen LogP contribution in [-0.2, 0) is 9.31 Å². The van der Waals surface area contributed by atoms with Crippen LogP contribution in [-0.4, -0.2) is 38.3 Å². The highest BCUT2D eigenvalue weighted by Crippen LogP contribution is 2.41. The third kappa shape index (κ3) is 9.24. The highest BCUT2D eigenvalue weighted by Gasteiger charge is 2.51. The summed E-state index contributed by atoms with van der Waals surface area (Å²) in [5.41, 5.74) is 9.97. The summed E-state index contributed by atoms with van der Waals surface area (Å²) in [6, 6.07) is 89.9. The van der Waals surface area contributed by atoms with Gasteiger partial charge in [0.2, 0.25) is 5.28 Å². The summed E-state index contributed by atoms with van der Waals surface area (Å²) < 4.78 is 12.6. The normalized spacial score (nSPS) is 13.7. The molecule has 0 radical (unpaired) electrons. The van der Waals surface area contributed by atoms with Crippen molar-refractivity contribution in [2.45, 2.75) is 38.9 Å². The van der Waals surface area contributed by atoms with Gasteiger partial charge in [0, 0.05) is 33.3 Å². The lowest BCUT2D eigenvalue weighted by Gasteiger charge is -2.32. The van der Waals surface area contributed by atoms with Crippen LogP contribution in [0.15, 0.2) is 267 Å². The molecule has 14 aromatic carbocycles. The van der Waals surface area contributed by atoms with Crippen LogP contribution < -0.4 is 5.46 Å². The van der Waals surface area contributed by atoms with Crippen LogP contribution in [0.5, 0.6) is 0 Å². The number of benzene rings is 14. The van der Waals surface area contributed by atoms with Crippen molar-refractivity contribution < 1.29 is 9.31 Å². The molecule has 0 aliphatic carbocycles. The van der Waals surface area contributed by atoms with E-state index < -0.39 is 0 Å². The molecule has 6 nitrogen and oxygen atoms in total. The predicted molar refractivity (Wildman–Crippen MR) is 363 cm³/mol. The fourth-order valence-corrected chi connectivity index (χ4v) is 12.8. The number of nitrogens with zero attached hydrogens (tertiary/aromatic N) is 4. The molecule has 0 bridgehead atoms. The first kappa shape index (κ1) is 52.9. The molecule has 86 heavy (non-hydrogen) atoms. The highest BCUT2D eigenvalue weighted by atomic mass is 35.5. The fraction of sp³-hybridized carbons (Fsp3) is 0.0769. The van der Waals surface area contributed by atoms with E-state index in [1.165, 1.54) is 86.9 Å². The Labute approximate surface area is 503 Å². The Morgan fingerprint density at radius 2 is 0.709 bits per heavy atom. The van der Waals surface area contributed by atoms with Crippen molar-refractivity contribution in [2.75, 3.05) is 0 Å². The topological polar surface area (TPSA) is 70.0 Å². The molecule has 0 unspecified atom stereocenters. The predicted octanol–water partition coefficient (Wildman–Crippen LogP) is 20.1. The Morgan fingerprint density at radius 3 is 1.23 bits per heavy atom. The second-order valence-corrected chi connectivity index (χ2v) is 23.5. The quantitative estimate of drug-likeness (QED) is 0.0993. The van der Waals surface area contributed by atoms with E-state index in [1.54, 1.807) is 6.20 Å². The number of aromatic nitrogens is 4. The van der Waals surface area contributed by atoms with Crippen molar-refractivity contribution >= 4 is 132 Å². The molecule has 8 heteroatoms. The molecule has 0 amide bonds. The molecule has 410 valence electrons. The molecule has 1 aliphatic rings. The zero-order chi connectivity index (χ0) is 58.1. The van der Waals surface area contributed by atoms with Gasteiger partial charge in [-0.05, 0) is 149 Å². The lowest BCUT2D eigenvalue weighted by Crippen LogP contribution is -2.41. The van der Waals surface area contributed by atoms with Gasteiger partial charge >= 0.3 is 7.12 Å². The minimum atomic E-state index is -0.355. The minimum Gasteiger partial charge on any atom is -0.399 e. The molecule has 0 atom stereocenters. The number of hydrogen-bond acceptors (Lipinski definition) is 6. The van der Waals surface area contributed by atoms with E-state index in [0.717, 1.165) is 60.2 Å². The summed E-state index contributed by atoms with van der Waals surface area (Å²) in [6.07, 6.45) is 3.71. The summed E-state index contributed by atoms with van der Waals surface area (Å²) in [4.78, 5) is 18.6. The van der Waals surface area contributed by atoms with Gasteiger partial charge in [-0.25, -0.2) is 15.0 Å². The number of halogens is 1. The highest BCUT2D eigenvalue weighted by molar-refractivity contribution is 6.62. The number of hydrogen-bond donors (Lipinski definition) is 0. The molecule has 2 aromatic heterocycles. The molecule has 1 fully saturated rings. The molecule has 0 spiro atoms. The summed E-state index contributed by atoms with van der Waals surface area (Å²) in [5, 5.41) is 20.9. The van der Waals surface area contributed by atoms with Crippen LogP contribution in [0, 0.1) is 0 Å². The first-order valence-electron chi connectivity index (χ1n) is 29.2. The van der Waals surface area contributed by atoms with Crippen LogP contribution in [0.3, 0.4) is 0 Å². The summed E-state index contributed by atoms with van der Waals surface area (Å²) in [6.45, 7) is 8.36. The Balaban J connectivity index is 0.000000115. The van der Waals surface area contributed by atoms with E-state index in [4.69, 9.17) is 30.9 Å². The van der Waals surface area contributed by atoms with Crippen LogP contribution in [0.2, 0.25) is 5.28 Å². The van der Waals surface area contributed by atoms with Gasteiger partial charge in [-0.2, -0.15) is 0 Å². The van der Waals surface area contributed by atoms with E-state index in [0.29, 0.717) is 0 Å². The molecule has 1 saturated heterocycles. The van der Waals surface area contributed by atoms with Crippen molar-refractivity contribution in [3.63, 3.8) is 0 Å². The maximum Gasteiger partial charge on any atom is 0.494 e. The van der Waals surface area contributed by atoms with Crippen LogP contribution >= 0.6 is 11.6 Å². The monoisotopic (exact) mass is 1130 g/mol. The standard InChI is InChI=1S/C36H22N2.C26H25BO2.C16H9ClN2/c1-2-10-26-25(9-1)21-33(30-14-4-3-11-27(26)30)23-17-19-24(20-18-23)34-22-37-35-31-15-7-5-12-28(31)29-13-6-8-16-32(29)36(35)38-34;1-25(2)26(3,4)29-27(28-25)20-12-9-11-18(16-20)24-17-19-10-5-6-13-21(19)22-14-7-8-15-23(22)24;17-16-18-9-14-12-7-2-1-5-10(12)11-6-3-4-8-13(11)15(14)19-16/h1-22H;5-17H,1-4H3;1-9H. The van der Waals surface area contributed by atoms with Gasteiger partial charge in [-0.3, -0.25) is 4.98 Å². The minimum absolute atomic E-state index is 0.285. The molecule has 17 rings (SSSR count). The van der Waals surface area contributed by atoms with Gasteiger partial charge < -0.3 is 9.31 Å². The Bertz CT molecular complexity index is 5270. The third-order valence-electron chi connectivity index (χ3n) is 17.6. The lowest BCUT2D eigenvalue weighted by atomic mass is 9.77. The molecule has 0 N–H and O–H groups in total. The van der Waals surface area contributed by atoms with E-state index in [2.05, 4.69) is 274 Å². The van der Waals surface area contributed by atoms with Crippen LogP contribution in [0.25, 0.3) is 142 Å². The Morgan fingerprint density at radius 1 is 0.314 bits per heavy atom. The largest absolute Gasteiger partial charge is 0.494 e. The van der Waals surface area contributed by atoms with Gasteiger partial charge in [-0.15, -0.1) is 0 Å².